The van der Waals surface area contributed by atoms with Crippen LogP contribution in [0.3, 0.4) is 0 Å². The Morgan fingerprint density at radius 3 is 2.67 bits per heavy atom. The second kappa shape index (κ2) is 5.53. The summed E-state index contributed by atoms with van der Waals surface area (Å²) in [5.74, 6) is 0.651. The van der Waals surface area contributed by atoms with E-state index in [2.05, 4.69) is 6.92 Å². The summed E-state index contributed by atoms with van der Waals surface area (Å²) < 4.78 is 0. The van der Waals surface area contributed by atoms with Gasteiger partial charge in [-0.05, 0) is 31.2 Å². The van der Waals surface area contributed by atoms with E-state index in [1.165, 1.54) is 12.0 Å². The van der Waals surface area contributed by atoms with E-state index in [0.717, 1.165) is 25.1 Å². The van der Waals surface area contributed by atoms with E-state index in [4.69, 9.17) is 5.73 Å². The zero-order chi connectivity index (χ0) is 13.1. The number of piperidine rings is 1. The van der Waals surface area contributed by atoms with Crippen molar-refractivity contribution in [1.29, 1.82) is 0 Å². The fraction of sp³-hybridized carbons (Fsp3) is 0.533. The summed E-state index contributed by atoms with van der Waals surface area (Å²) >= 11 is 0. The highest BCUT2D eigenvalue weighted by Crippen LogP contribution is 2.20. The molecule has 0 radical (unpaired) electrons. The maximum absolute atomic E-state index is 12.3. The van der Waals surface area contributed by atoms with Crippen molar-refractivity contribution in [1.82, 2.24) is 4.90 Å². The molecule has 0 aliphatic carbocycles. The predicted octanol–water partition coefficient (Wildman–Crippen LogP) is 2.25. The highest BCUT2D eigenvalue weighted by atomic mass is 16.2. The largest absolute Gasteiger partial charge is 0.341 e. The van der Waals surface area contributed by atoms with Crippen molar-refractivity contribution in [2.75, 3.05) is 13.1 Å². The van der Waals surface area contributed by atoms with Gasteiger partial charge in [-0.15, -0.1) is 0 Å². The smallest absolute Gasteiger partial charge is 0.244 e. The number of hydrogen-bond donors (Lipinski definition) is 1. The molecule has 1 aromatic carbocycles. The van der Waals surface area contributed by atoms with Crippen molar-refractivity contribution in [2.45, 2.75) is 32.7 Å². The van der Waals surface area contributed by atoms with Gasteiger partial charge in [0, 0.05) is 13.1 Å². The number of carbonyl (C=O) groups is 1. The molecule has 0 saturated carbocycles. The molecular formula is C15H22N2O. The molecule has 18 heavy (non-hydrogen) atoms. The van der Waals surface area contributed by atoms with E-state index in [9.17, 15) is 4.79 Å². The number of benzene rings is 1. The van der Waals surface area contributed by atoms with Gasteiger partial charge in [0.15, 0.2) is 0 Å². The fourth-order valence-electron chi connectivity index (χ4n) is 2.50. The molecule has 0 aromatic heterocycles. The zero-order valence-electron chi connectivity index (χ0n) is 11.2. The Morgan fingerprint density at radius 2 is 2.06 bits per heavy atom. The molecule has 1 saturated heterocycles. The summed E-state index contributed by atoms with van der Waals surface area (Å²) in [5.41, 5.74) is 8.17. The zero-order valence-corrected chi connectivity index (χ0v) is 11.2. The van der Waals surface area contributed by atoms with Crippen molar-refractivity contribution in [3.63, 3.8) is 0 Å². The van der Waals surface area contributed by atoms with Gasteiger partial charge in [-0.3, -0.25) is 4.79 Å². The minimum Gasteiger partial charge on any atom is -0.341 e. The van der Waals surface area contributed by atoms with Crippen molar-refractivity contribution in [2.24, 2.45) is 11.7 Å². The van der Waals surface area contributed by atoms with E-state index in [1.807, 2.05) is 36.1 Å². The second-order valence-electron chi connectivity index (χ2n) is 5.42. The Balaban J connectivity index is 2.06. The molecule has 0 spiro atoms. The molecule has 1 aliphatic heterocycles. The molecule has 0 bridgehead atoms. The van der Waals surface area contributed by atoms with Crippen LogP contribution in [0.1, 0.15) is 36.9 Å². The van der Waals surface area contributed by atoms with Crippen LogP contribution < -0.4 is 5.73 Å². The average molecular weight is 246 g/mol. The summed E-state index contributed by atoms with van der Waals surface area (Å²) in [7, 11) is 0. The molecule has 2 rings (SSSR count). The summed E-state index contributed by atoms with van der Waals surface area (Å²) in [6.07, 6.45) is 2.30. The highest BCUT2D eigenvalue weighted by Gasteiger charge is 2.26. The summed E-state index contributed by atoms with van der Waals surface area (Å²) in [6.45, 7) is 5.92. The lowest BCUT2D eigenvalue weighted by atomic mass is 9.98. The molecule has 3 nitrogen and oxygen atoms in total. The van der Waals surface area contributed by atoms with Crippen LogP contribution in [0.5, 0.6) is 0 Å². The Morgan fingerprint density at radius 1 is 1.39 bits per heavy atom. The number of nitrogens with two attached hydrogens (primary N) is 1. The van der Waals surface area contributed by atoms with Crippen LogP contribution >= 0.6 is 0 Å². The number of hydrogen-bond acceptors (Lipinski definition) is 2. The van der Waals surface area contributed by atoms with Gasteiger partial charge in [0.25, 0.3) is 0 Å². The van der Waals surface area contributed by atoms with Crippen LogP contribution in [0.25, 0.3) is 0 Å². The number of carbonyl (C=O) groups excluding carboxylic acids is 1. The molecule has 2 atom stereocenters. The molecular weight excluding hydrogens is 224 g/mol. The van der Waals surface area contributed by atoms with Gasteiger partial charge >= 0.3 is 0 Å². The molecule has 1 aromatic rings. The van der Waals surface area contributed by atoms with Crippen molar-refractivity contribution >= 4 is 5.91 Å². The summed E-state index contributed by atoms with van der Waals surface area (Å²) in [4.78, 5) is 14.2. The van der Waals surface area contributed by atoms with Crippen LogP contribution in [0, 0.1) is 12.8 Å². The molecule has 1 amide bonds. The third-order valence-corrected chi connectivity index (χ3v) is 3.67. The van der Waals surface area contributed by atoms with Crippen LogP contribution in [0.4, 0.5) is 0 Å². The third-order valence-electron chi connectivity index (χ3n) is 3.67. The van der Waals surface area contributed by atoms with Gasteiger partial charge < -0.3 is 10.6 Å². The third kappa shape index (κ3) is 2.91. The number of likely N-dealkylation sites (tertiary alicyclic amines) is 1. The minimum absolute atomic E-state index is 0.0606. The summed E-state index contributed by atoms with van der Waals surface area (Å²) in [6, 6.07) is 7.38. The Labute approximate surface area is 109 Å². The van der Waals surface area contributed by atoms with Crippen molar-refractivity contribution in [3.8, 4) is 0 Å². The van der Waals surface area contributed by atoms with Crippen LogP contribution in [-0.4, -0.2) is 23.9 Å². The molecule has 2 unspecified atom stereocenters. The van der Waals surface area contributed by atoms with E-state index in [1.54, 1.807) is 0 Å². The molecule has 2 N–H and O–H groups in total. The monoisotopic (exact) mass is 246 g/mol. The maximum Gasteiger partial charge on any atom is 0.244 e. The van der Waals surface area contributed by atoms with Gasteiger partial charge in [-0.1, -0.05) is 36.8 Å². The van der Waals surface area contributed by atoms with Crippen LogP contribution in [0.15, 0.2) is 24.3 Å². The summed E-state index contributed by atoms with van der Waals surface area (Å²) in [5, 5.41) is 0. The lowest BCUT2D eigenvalue weighted by Crippen LogP contribution is -2.43. The van der Waals surface area contributed by atoms with Gasteiger partial charge in [-0.2, -0.15) is 0 Å². The van der Waals surface area contributed by atoms with Crippen LogP contribution in [0.2, 0.25) is 0 Å². The fourth-order valence-corrected chi connectivity index (χ4v) is 2.50. The molecule has 98 valence electrons. The molecule has 3 heteroatoms. The predicted molar refractivity (Wildman–Crippen MR) is 73.1 cm³/mol. The number of amides is 1. The number of nitrogens with zero attached hydrogens (tertiary/aromatic N) is 1. The first-order chi connectivity index (χ1) is 8.58. The standard InChI is InChI=1S/C15H22N2O/c1-11-5-7-13(8-6-11)14(16)15(18)17-9-3-4-12(2)10-17/h5-8,12,14H,3-4,9-10,16H2,1-2H3. The molecule has 1 aliphatic rings. The normalized spacial score (nSPS) is 21.7. The number of aryl methyl sites for hydroxylation is 1. The average Bonchev–Trinajstić information content (AvgIpc) is 2.38. The van der Waals surface area contributed by atoms with E-state index in [-0.39, 0.29) is 5.91 Å². The quantitative estimate of drug-likeness (QED) is 0.870. The minimum atomic E-state index is -0.518. The van der Waals surface area contributed by atoms with Crippen molar-refractivity contribution < 1.29 is 4.79 Å². The van der Waals surface area contributed by atoms with E-state index < -0.39 is 6.04 Å². The first kappa shape index (κ1) is 13.1. The second-order valence-corrected chi connectivity index (χ2v) is 5.42. The van der Waals surface area contributed by atoms with Crippen molar-refractivity contribution in [3.05, 3.63) is 35.4 Å². The molecule has 1 fully saturated rings. The lowest BCUT2D eigenvalue weighted by Gasteiger charge is -2.32. The van der Waals surface area contributed by atoms with Crippen LogP contribution in [-0.2, 0) is 4.79 Å². The maximum atomic E-state index is 12.3. The highest BCUT2D eigenvalue weighted by molar-refractivity contribution is 5.83. The Kier molecular flexibility index (Phi) is 4.02. The SMILES string of the molecule is Cc1ccc(C(N)C(=O)N2CCCC(C)C2)cc1. The first-order valence-corrected chi connectivity index (χ1v) is 6.69. The molecule has 1 heterocycles. The topological polar surface area (TPSA) is 46.3 Å². The van der Waals surface area contributed by atoms with Gasteiger partial charge in [0.05, 0.1) is 0 Å². The van der Waals surface area contributed by atoms with E-state index in [0.29, 0.717) is 5.92 Å². The van der Waals surface area contributed by atoms with Gasteiger partial charge in [0.1, 0.15) is 6.04 Å². The van der Waals surface area contributed by atoms with Gasteiger partial charge in [-0.25, -0.2) is 0 Å². The lowest BCUT2D eigenvalue weighted by molar-refractivity contribution is -0.134. The van der Waals surface area contributed by atoms with Gasteiger partial charge in [0.2, 0.25) is 5.91 Å². The Bertz CT molecular complexity index is 413. The number of rotatable bonds is 2. The van der Waals surface area contributed by atoms with E-state index >= 15 is 0 Å². The Hall–Kier alpha value is -1.35. The first-order valence-electron chi connectivity index (χ1n) is 6.69.